The molecule has 0 aliphatic carbocycles. The molecule has 2 rings (SSSR count). The molecule has 2 aliphatic heterocycles. The zero-order valence-corrected chi connectivity index (χ0v) is 11.2. The lowest BCUT2D eigenvalue weighted by Gasteiger charge is -2.38. The van der Waals surface area contributed by atoms with Crippen molar-refractivity contribution >= 4 is 12.0 Å². The first-order valence-electron chi connectivity index (χ1n) is 6.33. The van der Waals surface area contributed by atoms with Crippen LogP contribution in [0.5, 0.6) is 0 Å². The lowest BCUT2D eigenvalue weighted by Crippen LogP contribution is -2.63. The predicted molar refractivity (Wildman–Crippen MR) is 63.5 cm³/mol. The van der Waals surface area contributed by atoms with Gasteiger partial charge < -0.3 is 30.1 Å². The second kappa shape index (κ2) is 5.72. The van der Waals surface area contributed by atoms with Gasteiger partial charge in [0, 0.05) is 13.0 Å². The zero-order chi connectivity index (χ0) is 15.8. The molecule has 9 nitrogen and oxygen atoms in total. The van der Waals surface area contributed by atoms with E-state index in [1.807, 2.05) is 0 Å². The normalized spacial score (nSPS) is 40.0. The number of urea groups is 1. The fourth-order valence-electron chi connectivity index (χ4n) is 2.46. The van der Waals surface area contributed by atoms with E-state index in [4.69, 9.17) is 9.84 Å². The van der Waals surface area contributed by atoms with Crippen LogP contribution in [0.3, 0.4) is 0 Å². The Bertz CT molecular complexity index is 437. The molecular weight excluding hydrogens is 291 g/mol. The number of carbonyl (C=O) groups excluding carboxylic acids is 2. The lowest BCUT2D eigenvalue weighted by atomic mass is 9.95. The number of rotatable bonds is 3. The standard InChI is InChI=1S/C11H17FN2O7/c1-20-9(18)11(12)7(17)5(4-15)21-8(11)14-3-2-6(16)13-10(14)19/h5-8,15-17H,2-4H2,1H3,(H,13,19)/t5-,6?,7-,8-,11-/m1/s1. The number of aliphatic hydroxyl groups excluding tert-OH is 3. The number of methoxy groups -OCH3 is 1. The molecular formula is C11H17FN2O7. The maximum atomic E-state index is 15.0. The monoisotopic (exact) mass is 308 g/mol. The fourth-order valence-corrected chi connectivity index (χ4v) is 2.46. The van der Waals surface area contributed by atoms with E-state index in [1.54, 1.807) is 0 Å². The maximum absolute atomic E-state index is 15.0. The lowest BCUT2D eigenvalue weighted by molar-refractivity contribution is -0.172. The van der Waals surface area contributed by atoms with Gasteiger partial charge >= 0.3 is 12.0 Å². The molecule has 0 bridgehead atoms. The summed E-state index contributed by atoms with van der Waals surface area (Å²) in [6.45, 7) is -0.830. The van der Waals surface area contributed by atoms with Crippen molar-refractivity contribution < 1.29 is 38.8 Å². The summed E-state index contributed by atoms with van der Waals surface area (Å²) in [5.74, 6) is -1.41. The van der Waals surface area contributed by atoms with E-state index in [-0.39, 0.29) is 13.0 Å². The molecule has 21 heavy (non-hydrogen) atoms. The van der Waals surface area contributed by atoms with Gasteiger partial charge in [-0.15, -0.1) is 0 Å². The summed E-state index contributed by atoms with van der Waals surface area (Å²) in [7, 11) is 0.930. The van der Waals surface area contributed by atoms with E-state index in [0.717, 1.165) is 12.0 Å². The molecule has 2 heterocycles. The number of halogens is 1. The average molecular weight is 308 g/mol. The zero-order valence-electron chi connectivity index (χ0n) is 11.2. The maximum Gasteiger partial charge on any atom is 0.351 e. The fraction of sp³-hybridized carbons (Fsp3) is 0.818. The minimum absolute atomic E-state index is 0.0861. The number of esters is 1. The highest BCUT2D eigenvalue weighted by Crippen LogP contribution is 2.38. The number of amides is 2. The minimum atomic E-state index is -3.03. The van der Waals surface area contributed by atoms with Crippen LogP contribution in [0.25, 0.3) is 0 Å². The third-order valence-electron chi connectivity index (χ3n) is 3.60. The van der Waals surface area contributed by atoms with Gasteiger partial charge in [-0.2, -0.15) is 0 Å². The summed E-state index contributed by atoms with van der Waals surface area (Å²) in [5, 5.41) is 30.4. The van der Waals surface area contributed by atoms with E-state index < -0.39 is 48.9 Å². The van der Waals surface area contributed by atoms with Gasteiger partial charge in [0.2, 0.25) is 0 Å². The first-order chi connectivity index (χ1) is 9.86. The van der Waals surface area contributed by atoms with Gasteiger partial charge in [0.25, 0.3) is 5.67 Å². The van der Waals surface area contributed by atoms with Gasteiger partial charge in [-0.05, 0) is 0 Å². The topological polar surface area (TPSA) is 129 Å². The Hall–Kier alpha value is -1.49. The third-order valence-corrected chi connectivity index (χ3v) is 3.60. The number of aliphatic hydroxyl groups is 3. The summed E-state index contributed by atoms with van der Waals surface area (Å²) in [6.07, 6.45) is -6.12. The number of alkyl halides is 1. The Morgan fingerprint density at radius 3 is 2.81 bits per heavy atom. The van der Waals surface area contributed by atoms with Crippen molar-refractivity contribution in [2.75, 3.05) is 20.3 Å². The summed E-state index contributed by atoms with van der Waals surface area (Å²) < 4.78 is 24.5. The molecule has 2 amide bonds. The van der Waals surface area contributed by atoms with E-state index in [2.05, 4.69) is 10.1 Å². The second-order valence-electron chi connectivity index (χ2n) is 4.86. The molecule has 10 heteroatoms. The molecule has 4 N–H and O–H groups in total. The van der Waals surface area contributed by atoms with Crippen molar-refractivity contribution in [1.29, 1.82) is 0 Å². The van der Waals surface area contributed by atoms with Crippen molar-refractivity contribution in [3.8, 4) is 0 Å². The van der Waals surface area contributed by atoms with Crippen LogP contribution in [0.4, 0.5) is 9.18 Å². The highest BCUT2D eigenvalue weighted by atomic mass is 19.1. The Morgan fingerprint density at radius 2 is 2.29 bits per heavy atom. The van der Waals surface area contributed by atoms with Crippen molar-refractivity contribution in [3.05, 3.63) is 0 Å². The van der Waals surface area contributed by atoms with Gasteiger partial charge in [0.05, 0.1) is 13.7 Å². The summed E-state index contributed by atoms with van der Waals surface area (Å²) in [6, 6.07) is -0.851. The van der Waals surface area contributed by atoms with Crippen LogP contribution in [0.1, 0.15) is 6.42 Å². The molecule has 5 atom stereocenters. The first kappa shape index (κ1) is 15.9. The second-order valence-corrected chi connectivity index (χ2v) is 4.86. The molecule has 0 aromatic heterocycles. The van der Waals surface area contributed by atoms with E-state index >= 15 is 4.39 Å². The van der Waals surface area contributed by atoms with Crippen molar-refractivity contribution in [2.45, 2.75) is 36.8 Å². The number of hydrogen-bond acceptors (Lipinski definition) is 7. The van der Waals surface area contributed by atoms with E-state index in [1.165, 1.54) is 0 Å². The molecule has 120 valence electrons. The van der Waals surface area contributed by atoms with Gasteiger partial charge in [-0.25, -0.2) is 14.0 Å². The first-order valence-corrected chi connectivity index (χ1v) is 6.33. The molecule has 1 unspecified atom stereocenters. The quantitative estimate of drug-likeness (QED) is 0.431. The van der Waals surface area contributed by atoms with Gasteiger partial charge in [-0.1, -0.05) is 0 Å². The van der Waals surface area contributed by atoms with Crippen LogP contribution in [-0.4, -0.2) is 82.8 Å². The average Bonchev–Trinajstić information content (AvgIpc) is 2.72. The SMILES string of the molecule is COC(=O)[C@@]1(F)[C@H](O)[C@@H](CO)O[C@H]1N1CCC(O)NC1=O. The Kier molecular flexibility index (Phi) is 4.33. The van der Waals surface area contributed by atoms with Gasteiger partial charge in [0.15, 0.2) is 6.23 Å². The van der Waals surface area contributed by atoms with Crippen LogP contribution >= 0.6 is 0 Å². The number of hydrogen-bond donors (Lipinski definition) is 4. The van der Waals surface area contributed by atoms with Crippen molar-refractivity contribution in [3.63, 3.8) is 0 Å². The summed E-state index contributed by atoms with van der Waals surface area (Å²) >= 11 is 0. The van der Waals surface area contributed by atoms with Crippen LogP contribution in [-0.2, 0) is 14.3 Å². The number of nitrogens with one attached hydrogen (secondary N) is 1. The third kappa shape index (κ3) is 2.44. The Labute approximate surface area is 119 Å². The molecule has 2 aliphatic rings. The molecule has 2 fully saturated rings. The Balaban J connectivity index is 2.31. The smallest absolute Gasteiger partial charge is 0.351 e. The van der Waals surface area contributed by atoms with Gasteiger partial charge in [-0.3, -0.25) is 4.90 Å². The van der Waals surface area contributed by atoms with Gasteiger partial charge in [0.1, 0.15) is 18.4 Å². The molecule has 2 saturated heterocycles. The highest BCUT2D eigenvalue weighted by Gasteiger charge is 2.66. The number of ether oxygens (including phenoxy) is 2. The number of carbonyl (C=O) groups is 2. The highest BCUT2D eigenvalue weighted by molar-refractivity contribution is 5.83. The Morgan fingerprint density at radius 1 is 1.62 bits per heavy atom. The molecule has 0 aromatic rings. The molecule has 0 aromatic carbocycles. The predicted octanol–water partition coefficient (Wildman–Crippen LogP) is -2.32. The van der Waals surface area contributed by atoms with Crippen LogP contribution < -0.4 is 5.32 Å². The van der Waals surface area contributed by atoms with Crippen LogP contribution in [0, 0.1) is 0 Å². The van der Waals surface area contributed by atoms with Crippen LogP contribution in [0.15, 0.2) is 0 Å². The summed E-state index contributed by atoms with van der Waals surface area (Å²) in [5.41, 5.74) is -3.03. The minimum Gasteiger partial charge on any atom is -0.466 e. The summed E-state index contributed by atoms with van der Waals surface area (Å²) in [4.78, 5) is 24.3. The van der Waals surface area contributed by atoms with E-state index in [9.17, 15) is 19.8 Å². The molecule has 0 saturated carbocycles. The van der Waals surface area contributed by atoms with Crippen molar-refractivity contribution in [2.24, 2.45) is 0 Å². The molecule has 0 spiro atoms. The largest absolute Gasteiger partial charge is 0.466 e. The molecule has 0 radical (unpaired) electrons. The van der Waals surface area contributed by atoms with E-state index in [0.29, 0.717) is 0 Å². The van der Waals surface area contributed by atoms with Crippen LogP contribution in [0.2, 0.25) is 0 Å². The number of nitrogens with zero attached hydrogens (tertiary/aromatic N) is 1. The van der Waals surface area contributed by atoms with Crippen molar-refractivity contribution in [1.82, 2.24) is 10.2 Å².